The van der Waals surface area contributed by atoms with Gasteiger partial charge in [0.25, 0.3) is 0 Å². The van der Waals surface area contributed by atoms with E-state index in [1.807, 2.05) is 88.4 Å². The van der Waals surface area contributed by atoms with Gasteiger partial charge in [-0.1, -0.05) is 87.9 Å². The van der Waals surface area contributed by atoms with Crippen LogP contribution in [0.1, 0.15) is 58.1 Å². The number of carboxylic acids is 1. The molecule has 6 heteroatoms. The van der Waals surface area contributed by atoms with E-state index >= 15 is 0 Å². The molecule has 0 heterocycles. The smallest absolute Gasteiger partial charge is 0.307 e. The van der Waals surface area contributed by atoms with Gasteiger partial charge in [0.15, 0.2) is 0 Å². The van der Waals surface area contributed by atoms with Crippen LogP contribution in [-0.4, -0.2) is 17.0 Å². The molecular formula is C25H33FmNO4. The van der Waals surface area contributed by atoms with Gasteiger partial charge in [-0.3, -0.25) is 14.4 Å². The molecule has 31 heavy (non-hydrogen) atoms. The zero-order valence-corrected chi connectivity index (χ0v) is 21.0. The number of rotatable bonds is 11. The minimum Gasteiger partial charge on any atom is -0.481 e. The summed E-state index contributed by atoms with van der Waals surface area (Å²) in [5.74, 6) is -2.54. The number of benzene rings is 2. The van der Waals surface area contributed by atoms with Crippen LogP contribution in [0.25, 0.3) is 0 Å². The number of hydrogen-bond donors (Lipinski definition) is 2. The number of aliphatic carboxylic acids is 1. The molecular weight excluding hydrogens is 635 g/mol. The maximum Gasteiger partial charge on any atom is 0.307 e. The van der Waals surface area contributed by atoms with Crippen molar-refractivity contribution in [2.45, 2.75) is 52.6 Å². The zero-order valence-electron chi connectivity index (χ0n) is 18.6. The largest absolute Gasteiger partial charge is 0.481 e. The molecule has 1 amide bonds. The predicted octanol–water partition coefficient (Wildman–Crippen LogP) is 5.16. The summed E-state index contributed by atoms with van der Waals surface area (Å²) in [5, 5.41) is 9.73. The Labute approximate surface area is 179 Å². The van der Waals surface area contributed by atoms with E-state index in [1.54, 1.807) is 0 Å². The van der Waals surface area contributed by atoms with Crippen LogP contribution >= 0.6 is 0 Å². The van der Waals surface area contributed by atoms with E-state index in [0.717, 1.165) is 11.1 Å². The topological polar surface area (TPSA) is 75.6 Å². The zero-order chi connectivity index (χ0) is 22.1. The Bertz CT molecular complexity index is 771. The van der Waals surface area contributed by atoms with E-state index in [1.165, 1.54) is 0 Å². The van der Waals surface area contributed by atoms with Crippen molar-refractivity contribution in [2.24, 2.45) is 17.8 Å². The van der Waals surface area contributed by atoms with Crippen molar-refractivity contribution in [3.63, 3.8) is 0 Å². The number of hydroxylamine groups is 1. The van der Waals surface area contributed by atoms with Gasteiger partial charge in [0, 0.05) is 0 Å². The molecule has 0 aromatic heterocycles. The second-order valence-corrected chi connectivity index (χ2v) is 8.30. The maximum absolute atomic E-state index is 13.1. The van der Waals surface area contributed by atoms with Crippen molar-refractivity contribution < 1.29 is 19.5 Å². The number of hydrogen-bond acceptors (Lipinski definition) is 3. The quantitative estimate of drug-likeness (QED) is 0.325. The van der Waals surface area contributed by atoms with Crippen molar-refractivity contribution in [3.05, 3.63) is 71.8 Å². The van der Waals surface area contributed by atoms with Gasteiger partial charge in [-0.2, -0.15) is 0 Å². The fourth-order valence-corrected chi connectivity index (χ4v) is 3.80. The molecule has 2 rings (SSSR count). The average molecular weight is 669 g/mol. The molecule has 0 aliphatic carbocycles. The molecule has 174 valence electrons. The number of carboxylic acid groups (broad SMARTS) is 1. The van der Waals surface area contributed by atoms with Crippen LogP contribution in [0.3, 0.4) is 0 Å². The summed E-state index contributed by atoms with van der Waals surface area (Å²) in [5.41, 5.74) is 3.48. The Hall–Kier alpha value is -3.66. The number of carbonyl (C=O) groups excluding carboxylic acids is 1. The van der Waals surface area contributed by atoms with Gasteiger partial charge in [-0.15, -0.1) is 0 Å². The molecule has 0 aliphatic rings. The summed E-state index contributed by atoms with van der Waals surface area (Å²) in [7, 11) is 0. The van der Waals surface area contributed by atoms with E-state index in [-0.39, 0.29) is 11.8 Å². The summed E-state index contributed by atoms with van der Waals surface area (Å²) < 4.78 is 0. The SMILES string of the molecule is CCCC(C(=O)NOC(C)(c1ccccc1)c1ccccc1)C(CC(C)C)C(=O)O.[Fm]. The summed E-state index contributed by atoms with van der Waals surface area (Å²) in [6.45, 7) is 7.79. The van der Waals surface area contributed by atoms with Crippen LogP contribution in [0, 0.1) is 17.8 Å². The molecule has 2 atom stereocenters. The van der Waals surface area contributed by atoms with Gasteiger partial charge in [0.2, 0.25) is 5.91 Å². The Balaban J connectivity index is 0.00000480. The molecule has 5 nitrogen and oxygen atoms in total. The first-order valence-electron chi connectivity index (χ1n) is 10.6. The number of nitrogens with one attached hydrogen (secondary N) is 1. The van der Waals surface area contributed by atoms with Crippen molar-refractivity contribution in [2.75, 3.05) is 0 Å². The number of amides is 1. The van der Waals surface area contributed by atoms with Gasteiger partial charge in [-0.05, 0) is 36.8 Å². The molecule has 0 saturated carbocycles. The summed E-state index contributed by atoms with van der Waals surface area (Å²) in [6, 6.07) is 19.3. The average Bonchev–Trinajstić information content (AvgIpc) is 2.75. The monoisotopic (exact) mass is 668 g/mol. The van der Waals surface area contributed by atoms with Gasteiger partial charge in [0.1, 0.15) is 5.60 Å². The van der Waals surface area contributed by atoms with Crippen molar-refractivity contribution >= 4 is 11.9 Å². The molecule has 2 N–H and O–H groups in total. The Morgan fingerprint density at radius 1 is 0.968 bits per heavy atom. The van der Waals surface area contributed by atoms with Crippen LogP contribution in [0.4, 0.5) is 0 Å². The molecule has 0 spiro atoms. The first-order valence-corrected chi connectivity index (χ1v) is 10.6. The molecule has 2 aromatic rings. The second kappa shape index (κ2) is 11.5. The number of carbonyl (C=O) groups is 2. The van der Waals surface area contributed by atoms with E-state index in [2.05, 4.69) is 5.48 Å². The summed E-state index contributed by atoms with van der Waals surface area (Å²) >= 11 is 0. The van der Waals surface area contributed by atoms with E-state index in [0.29, 0.717) is 19.3 Å². The fraction of sp³-hybridized carbons (Fsp3) is 0.440. The summed E-state index contributed by atoms with van der Waals surface area (Å²) in [4.78, 5) is 31.0. The van der Waals surface area contributed by atoms with E-state index in [4.69, 9.17) is 4.84 Å². The van der Waals surface area contributed by atoms with Gasteiger partial charge in [-0.25, -0.2) is 5.48 Å². The molecule has 0 bridgehead atoms. The molecule has 0 radical (unpaired) electrons. The first-order chi connectivity index (χ1) is 14.3. The molecule has 2 unspecified atom stereocenters. The van der Waals surface area contributed by atoms with E-state index in [9.17, 15) is 14.7 Å². The standard InChI is InChI=1S/C25H33NO4.Fm/c1-5-12-21(22(24(28)29)17-18(2)3)23(27)26-30-25(4,19-13-8-6-9-14-19)20-15-10-7-11-16-20;/h6-11,13-16,18,21-22H,5,12,17H2,1-4H3,(H,26,27)(H,28,29);. The Morgan fingerprint density at radius 2 is 1.45 bits per heavy atom. The normalized spacial score (nSPS) is 13.2. The molecule has 0 aliphatic heterocycles. The molecule has 0 fully saturated rings. The molecule has 0 saturated heterocycles. The van der Waals surface area contributed by atoms with Gasteiger partial charge < -0.3 is 5.11 Å². The molecule has 2 aromatic carbocycles. The van der Waals surface area contributed by atoms with Crippen LogP contribution in [0.5, 0.6) is 0 Å². The van der Waals surface area contributed by atoms with E-state index < -0.39 is 23.4 Å². The first kappa shape index (κ1) is 25.4. The predicted molar refractivity (Wildman–Crippen MR) is 118 cm³/mol. The van der Waals surface area contributed by atoms with Crippen LogP contribution in [0.15, 0.2) is 60.7 Å². The third-order valence-electron chi connectivity index (χ3n) is 5.47. The van der Waals surface area contributed by atoms with Crippen molar-refractivity contribution in [1.29, 1.82) is 0 Å². The van der Waals surface area contributed by atoms with Gasteiger partial charge in [0.05, 0.1) is 11.8 Å². The minimum atomic E-state index is -0.939. The van der Waals surface area contributed by atoms with Crippen LogP contribution in [-0.2, 0) is 20.0 Å². The third kappa shape index (κ3) is 6.41. The Kier molecular flexibility index (Phi) is 9.42. The van der Waals surface area contributed by atoms with Crippen molar-refractivity contribution in [1.82, 2.24) is 5.48 Å². The van der Waals surface area contributed by atoms with Crippen LogP contribution in [0.2, 0.25) is 0 Å². The third-order valence-corrected chi connectivity index (χ3v) is 5.47. The Morgan fingerprint density at radius 3 is 1.84 bits per heavy atom. The summed E-state index contributed by atoms with van der Waals surface area (Å²) in [6.07, 6.45) is 1.66. The maximum atomic E-state index is 13.1. The fourth-order valence-electron chi connectivity index (χ4n) is 3.80. The van der Waals surface area contributed by atoms with Crippen LogP contribution < -0.4 is 5.48 Å². The van der Waals surface area contributed by atoms with Crippen molar-refractivity contribution in [3.8, 4) is 0 Å². The van der Waals surface area contributed by atoms with Gasteiger partial charge >= 0.3 is 5.97 Å². The second-order valence-electron chi connectivity index (χ2n) is 8.30. The minimum absolute atomic E-state index is 0.